The van der Waals surface area contributed by atoms with Crippen molar-refractivity contribution in [3.8, 4) is 11.4 Å². The Labute approximate surface area is 146 Å². The lowest BCUT2D eigenvalue weighted by Gasteiger charge is -2.23. The Bertz CT molecular complexity index is 919. The summed E-state index contributed by atoms with van der Waals surface area (Å²) in [6.45, 7) is 2.65. The number of hydrogen-bond donors (Lipinski definition) is 0. The second-order valence-electron chi connectivity index (χ2n) is 6.17. The van der Waals surface area contributed by atoms with Gasteiger partial charge in [-0.05, 0) is 33.2 Å². The van der Waals surface area contributed by atoms with Crippen molar-refractivity contribution < 1.29 is 0 Å². The van der Waals surface area contributed by atoms with E-state index in [0.29, 0.717) is 28.3 Å². The lowest BCUT2D eigenvalue weighted by atomic mass is 10.1. The van der Waals surface area contributed by atoms with Crippen molar-refractivity contribution in [3.05, 3.63) is 63.9 Å². The molecule has 4 nitrogen and oxygen atoms in total. The Morgan fingerprint density at radius 3 is 2.50 bits per heavy atom. The number of likely N-dealkylation sites (N-methyl/N-ethyl adjacent to an activating group) is 1. The second kappa shape index (κ2) is 6.75. The largest absolute Gasteiger partial charge is 0.305 e. The molecule has 1 atom stereocenters. The van der Waals surface area contributed by atoms with Crippen molar-refractivity contribution in [1.82, 2.24) is 14.5 Å². The van der Waals surface area contributed by atoms with Gasteiger partial charge in [0.05, 0.1) is 15.9 Å². The molecule has 1 unspecified atom stereocenters. The van der Waals surface area contributed by atoms with E-state index in [1.165, 1.54) is 0 Å². The maximum absolute atomic E-state index is 13.1. The number of nitrogens with zero attached hydrogens (tertiary/aromatic N) is 3. The van der Waals surface area contributed by atoms with Crippen LogP contribution in [0.4, 0.5) is 0 Å². The molecule has 24 heavy (non-hydrogen) atoms. The maximum atomic E-state index is 13.1. The molecule has 0 aliphatic carbocycles. The SMILES string of the molecule is CC(Cn1c(-c2ccccc2)nc2c(Cl)cccc2c1=O)N(C)C. The van der Waals surface area contributed by atoms with Crippen LogP contribution in [0, 0.1) is 0 Å². The van der Waals surface area contributed by atoms with Crippen LogP contribution in [0.1, 0.15) is 6.92 Å². The zero-order valence-corrected chi connectivity index (χ0v) is 14.8. The first-order valence-electron chi connectivity index (χ1n) is 7.90. The van der Waals surface area contributed by atoms with E-state index in [-0.39, 0.29) is 11.6 Å². The molecule has 0 aliphatic rings. The van der Waals surface area contributed by atoms with Crippen LogP contribution in [0.3, 0.4) is 0 Å². The molecule has 1 heterocycles. The van der Waals surface area contributed by atoms with E-state index in [1.807, 2.05) is 44.4 Å². The normalized spacial score (nSPS) is 12.7. The predicted molar refractivity (Wildman–Crippen MR) is 99.6 cm³/mol. The smallest absolute Gasteiger partial charge is 0.261 e. The van der Waals surface area contributed by atoms with Crippen LogP contribution in [-0.4, -0.2) is 34.6 Å². The van der Waals surface area contributed by atoms with Crippen LogP contribution in [0.5, 0.6) is 0 Å². The minimum absolute atomic E-state index is 0.0601. The lowest BCUT2D eigenvalue weighted by Crippen LogP contribution is -2.35. The van der Waals surface area contributed by atoms with Gasteiger partial charge in [-0.25, -0.2) is 4.98 Å². The van der Waals surface area contributed by atoms with Gasteiger partial charge in [0.1, 0.15) is 5.82 Å². The van der Waals surface area contributed by atoms with Gasteiger partial charge >= 0.3 is 0 Å². The Hall–Kier alpha value is -2.17. The van der Waals surface area contributed by atoms with Crippen LogP contribution in [0.25, 0.3) is 22.3 Å². The Balaban J connectivity index is 2.30. The standard InChI is InChI=1S/C19H20ClN3O/c1-13(22(2)3)12-23-18(14-8-5-4-6-9-14)21-17-15(19(23)24)10-7-11-16(17)20/h4-11,13H,12H2,1-3H3. The fourth-order valence-electron chi connectivity index (χ4n) is 2.61. The van der Waals surface area contributed by atoms with Gasteiger partial charge in [0, 0.05) is 18.2 Å². The van der Waals surface area contributed by atoms with Gasteiger partial charge in [0.2, 0.25) is 0 Å². The van der Waals surface area contributed by atoms with E-state index >= 15 is 0 Å². The third kappa shape index (κ3) is 3.07. The van der Waals surface area contributed by atoms with Crippen LogP contribution in [0.15, 0.2) is 53.3 Å². The molecule has 0 radical (unpaired) electrons. The first-order valence-corrected chi connectivity index (χ1v) is 8.27. The zero-order valence-electron chi connectivity index (χ0n) is 14.0. The summed E-state index contributed by atoms with van der Waals surface area (Å²) in [4.78, 5) is 19.9. The summed E-state index contributed by atoms with van der Waals surface area (Å²) in [5, 5.41) is 1.04. The molecule has 5 heteroatoms. The van der Waals surface area contributed by atoms with E-state index in [0.717, 1.165) is 5.56 Å². The molecule has 124 valence electrons. The Morgan fingerprint density at radius 2 is 1.83 bits per heavy atom. The summed E-state index contributed by atoms with van der Waals surface area (Å²) >= 11 is 6.28. The molecule has 0 saturated carbocycles. The molecular formula is C19H20ClN3O. The van der Waals surface area contributed by atoms with Crippen LogP contribution >= 0.6 is 11.6 Å². The van der Waals surface area contributed by atoms with Gasteiger partial charge in [-0.15, -0.1) is 0 Å². The fraction of sp³-hybridized carbons (Fsp3) is 0.263. The molecule has 2 aromatic carbocycles. The minimum Gasteiger partial charge on any atom is -0.305 e. The summed E-state index contributed by atoms with van der Waals surface area (Å²) in [5.41, 5.74) is 1.40. The fourth-order valence-corrected chi connectivity index (χ4v) is 2.83. The van der Waals surface area contributed by atoms with Gasteiger partial charge < -0.3 is 4.90 Å². The van der Waals surface area contributed by atoms with Gasteiger partial charge in [-0.3, -0.25) is 9.36 Å². The number of para-hydroxylation sites is 1. The van der Waals surface area contributed by atoms with Crippen LogP contribution in [-0.2, 0) is 6.54 Å². The number of hydrogen-bond acceptors (Lipinski definition) is 3. The second-order valence-corrected chi connectivity index (χ2v) is 6.57. The van der Waals surface area contributed by atoms with E-state index < -0.39 is 0 Å². The van der Waals surface area contributed by atoms with Gasteiger partial charge in [-0.1, -0.05) is 48.0 Å². The van der Waals surface area contributed by atoms with E-state index in [2.05, 4.69) is 11.8 Å². The van der Waals surface area contributed by atoms with Crippen LogP contribution < -0.4 is 5.56 Å². The highest BCUT2D eigenvalue weighted by Gasteiger charge is 2.17. The van der Waals surface area contributed by atoms with E-state index in [4.69, 9.17) is 16.6 Å². The van der Waals surface area contributed by atoms with Gasteiger partial charge in [0.25, 0.3) is 5.56 Å². The number of halogens is 1. The molecule has 0 saturated heterocycles. The zero-order chi connectivity index (χ0) is 17.3. The first-order chi connectivity index (χ1) is 11.5. The lowest BCUT2D eigenvalue weighted by molar-refractivity contribution is 0.282. The number of fused-ring (bicyclic) bond motifs is 1. The molecule has 0 N–H and O–H groups in total. The summed E-state index contributed by atoms with van der Waals surface area (Å²) in [7, 11) is 4.01. The summed E-state index contributed by atoms with van der Waals surface area (Å²) in [6.07, 6.45) is 0. The molecule has 3 aromatic rings. The number of rotatable bonds is 4. The highest BCUT2D eigenvalue weighted by atomic mass is 35.5. The van der Waals surface area contributed by atoms with Gasteiger partial charge in [0.15, 0.2) is 0 Å². The summed E-state index contributed by atoms with van der Waals surface area (Å²) in [5.74, 6) is 0.648. The Kier molecular flexibility index (Phi) is 4.69. The van der Waals surface area contributed by atoms with E-state index in [1.54, 1.807) is 22.8 Å². The van der Waals surface area contributed by atoms with Crippen molar-refractivity contribution in [3.63, 3.8) is 0 Å². The molecule has 0 aliphatic heterocycles. The van der Waals surface area contributed by atoms with Crippen molar-refractivity contribution in [2.45, 2.75) is 19.5 Å². The number of aromatic nitrogens is 2. The topological polar surface area (TPSA) is 38.1 Å². The van der Waals surface area contributed by atoms with Gasteiger partial charge in [-0.2, -0.15) is 0 Å². The monoisotopic (exact) mass is 341 g/mol. The average Bonchev–Trinajstić information content (AvgIpc) is 2.58. The average molecular weight is 342 g/mol. The highest BCUT2D eigenvalue weighted by Crippen LogP contribution is 2.23. The van der Waals surface area contributed by atoms with Crippen molar-refractivity contribution in [2.24, 2.45) is 0 Å². The molecule has 3 rings (SSSR count). The molecule has 1 aromatic heterocycles. The Morgan fingerprint density at radius 1 is 1.12 bits per heavy atom. The molecule has 0 fully saturated rings. The van der Waals surface area contributed by atoms with E-state index in [9.17, 15) is 4.79 Å². The predicted octanol–water partition coefficient (Wildman–Crippen LogP) is 3.67. The third-order valence-corrected chi connectivity index (χ3v) is 4.60. The minimum atomic E-state index is -0.0601. The molecule has 0 amide bonds. The quantitative estimate of drug-likeness (QED) is 0.726. The summed E-state index contributed by atoms with van der Waals surface area (Å²) in [6, 6.07) is 15.3. The molecular weight excluding hydrogens is 322 g/mol. The van der Waals surface area contributed by atoms with Crippen molar-refractivity contribution in [1.29, 1.82) is 0 Å². The maximum Gasteiger partial charge on any atom is 0.261 e. The molecule has 0 bridgehead atoms. The molecule has 0 spiro atoms. The number of benzene rings is 2. The first kappa shape index (κ1) is 16.7. The highest BCUT2D eigenvalue weighted by molar-refractivity contribution is 6.35. The summed E-state index contributed by atoms with van der Waals surface area (Å²) < 4.78 is 1.75. The third-order valence-electron chi connectivity index (χ3n) is 4.30. The van der Waals surface area contributed by atoms with Crippen molar-refractivity contribution in [2.75, 3.05) is 14.1 Å². The van der Waals surface area contributed by atoms with Crippen molar-refractivity contribution >= 4 is 22.5 Å². The van der Waals surface area contributed by atoms with Crippen LogP contribution in [0.2, 0.25) is 5.02 Å².